The number of aliphatic hydroxyl groups excluding tert-OH is 11. The van der Waals surface area contributed by atoms with Gasteiger partial charge in [-0.1, -0.05) is 0 Å². The van der Waals surface area contributed by atoms with Crippen LogP contribution in [0.25, 0.3) is 0 Å². The topological polar surface area (TPSA) is 324 Å². The summed E-state index contributed by atoms with van der Waals surface area (Å²) in [5, 5.41) is 121. The average molecular weight is 621 g/mol. The Morgan fingerprint density at radius 1 is 0.595 bits per heavy atom. The van der Waals surface area contributed by atoms with Crippen molar-refractivity contribution in [2.75, 3.05) is 19.8 Å². The smallest absolute Gasteiger partial charge is 0.335 e. The Kier molecular flexibility index (Phi) is 11.1. The van der Waals surface area contributed by atoms with Gasteiger partial charge in [0.15, 0.2) is 31.3 Å². The van der Waals surface area contributed by atoms with Gasteiger partial charge < -0.3 is 94.4 Å². The number of aliphatic hydroxyl groups is 11. The van der Waals surface area contributed by atoms with Gasteiger partial charge in [0.2, 0.25) is 0 Å². The van der Waals surface area contributed by atoms with Crippen LogP contribution in [0.4, 0.5) is 0 Å². The van der Waals surface area contributed by atoms with Gasteiger partial charge >= 0.3 is 5.97 Å². The Labute approximate surface area is 236 Å². The minimum atomic E-state index is -2.22. The zero-order valence-corrected chi connectivity index (χ0v) is 21.6. The molecule has 0 aliphatic carbocycles. The van der Waals surface area contributed by atoms with Gasteiger partial charge in [0, 0.05) is 0 Å². The van der Waals surface area contributed by atoms with Crippen LogP contribution in [0.3, 0.4) is 0 Å². The molecule has 4 fully saturated rings. The molecule has 0 aromatic heterocycles. The first-order valence-electron chi connectivity index (χ1n) is 12.9. The van der Waals surface area contributed by atoms with Crippen molar-refractivity contribution in [3.05, 3.63) is 0 Å². The summed E-state index contributed by atoms with van der Waals surface area (Å²) in [6.07, 6.45) is -33.2. The van der Waals surface area contributed by atoms with Gasteiger partial charge in [0.1, 0.15) is 79.4 Å². The van der Waals surface area contributed by atoms with Crippen LogP contribution in [0.2, 0.25) is 0 Å². The first kappa shape index (κ1) is 33.6. The van der Waals surface area contributed by atoms with E-state index in [1.165, 1.54) is 0 Å². The molecular weight excluding hydrogens is 584 g/mol. The molecule has 20 nitrogen and oxygen atoms in total. The number of aliphatic carboxylic acids is 1. The van der Waals surface area contributed by atoms with E-state index in [0.29, 0.717) is 0 Å². The molecule has 4 aliphatic rings. The van der Waals surface area contributed by atoms with Crippen molar-refractivity contribution in [2.24, 2.45) is 0 Å². The third kappa shape index (κ3) is 6.71. The van der Waals surface area contributed by atoms with Crippen LogP contribution in [-0.4, -0.2) is 198 Å². The lowest BCUT2D eigenvalue weighted by Crippen LogP contribution is -2.67. The predicted octanol–water partition coefficient (Wildman–Crippen LogP) is -8.38. The second-order valence-electron chi connectivity index (χ2n) is 10.3. The monoisotopic (exact) mass is 620 g/mol. The van der Waals surface area contributed by atoms with Crippen LogP contribution < -0.4 is 0 Å². The van der Waals surface area contributed by atoms with E-state index < -0.39 is 136 Å². The van der Waals surface area contributed by atoms with E-state index in [2.05, 4.69) is 0 Å². The van der Waals surface area contributed by atoms with Crippen molar-refractivity contribution < 1.29 is 99.2 Å². The summed E-state index contributed by atoms with van der Waals surface area (Å²) in [4.78, 5) is 11.7. The predicted molar refractivity (Wildman–Crippen MR) is 122 cm³/mol. The van der Waals surface area contributed by atoms with Crippen LogP contribution in [0.1, 0.15) is 0 Å². The number of ether oxygens (including phenoxy) is 7. The molecule has 42 heavy (non-hydrogen) atoms. The molecule has 18 atom stereocenters. The van der Waals surface area contributed by atoms with E-state index in [0.717, 1.165) is 0 Å². The van der Waals surface area contributed by atoms with Crippen LogP contribution in [0, 0.1) is 0 Å². The van der Waals surface area contributed by atoms with Gasteiger partial charge in [-0.05, 0) is 0 Å². The van der Waals surface area contributed by atoms with Gasteiger partial charge in [-0.3, -0.25) is 0 Å². The lowest BCUT2D eigenvalue weighted by atomic mass is 9.96. The van der Waals surface area contributed by atoms with Crippen LogP contribution >= 0.6 is 0 Å². The molecule has 20 heteroatoms. The molecule has 0 unspecified atom stereocenters. The van der Waals surface area contributed by atoms with Crippen molar-refractivity contribution >= 4 is 5.97 Å². The highest BCUT2D eigenvalue weighted by Crippen LogP contribution is 2.33. The van der Waals surface area contributed by atoms with E-state index >= 15 is 0 Å². The third-order valence-corrected chi connectivity index (χ3v) is 7.39. The molecule has 0 saturated carbocycles. The van der Waals surface area contributed by atoms with E-state index in [4.69, 9.17) is 33.2 Å². The van der Waals surface area contributed by atoms with Crippen LogP contribution in [0.15, 0.2) is 0 Å². The van der Waals surface area contributed by atoms with Crippen molar-refractivity contribution in [3.8, 4) is 0 Å². The molecule has 0 aromatic carbocycles. The minimum Gasteiger partial charge on any atom is -0.479 e. The van der Waals surface area contributed by atoms with Crippen molar-refractivity contribution in [1.29, 1.82) is 0 Å². The van der Waals surface area contributed by atoms with Gasteiger partial charge in [0.25, 0.3) is 0 Å². The fourth-order valence-corrected chi connectivity index (χ4v) is 4.92. The second-order valence-corrected chi connectivity index (χ2v) is 10.3. The summed E-state index contributed by atoms with van der Waals surface area (Å²) < 4.78 is 37.4. The largest absolute Gasteiger partial charge is 0.479 e. The molecule has 4 saturated heterocycles. The minimum absolute atomic E-state index is 0.492. The molecule has 0 aromatic rings. The zero-order valence-electron chi connectivity index (χ0n) is 21.6. The second kappa shape index (κ2) is 13.8. The maximum atomic E-state index is 11.7. The van der Waals surface area contributed by atoms with E-state index in [1.54, 1.807) is 0 Å². The van der Waals surface area contributed by atoms with Gasteiger partial charge in [-0.25, -0.2) is 4.79 Å². The number of hydrogen-bond donors (Lipinski definition) is 12. The van der Waals surface area contributed by atoms with E-state index in [1.807, 2.05) is 0 Å². The van der Waals surface area contributed by atoms with E-state index in [9.17, 15) is 66.1 Å². The fourth-order valence-electron chi connectivity index (χ4n) is 4.92. The quantitative estimate of drug-likeness (QED) is 0.120. The molecule has 0 spiro atoms. The van der Waals surface area contributed by atoms with Crippen molar-refractivity contribution in [1.82, 2.24) is 0 Å². The molecule has 0 radical (unpaired) electrons. The number of rotatable bonds is 8. The zero-order chi connectivity index (χ0) is 31.0. The Hall–Kier alpha value is -1.25. The Bertz CT molecular complexity index is 894. The van der Waals surface area contributed by atoms with Gasteiger partial charge in [-0.15, -0.1) is 0 Å². The van der Waals surface area contributed by atoms with E-state index in [-0.39, 0.29) is 0 Å². The van der Waals surface area contributed by atoms with Gasteiger partial charge in [0.05, 0.1) is 19.8 Å². The summed E-state index contributed by atoms with van der Waals surface area (Å²) >= 11 is 0. The van der Waals surface area contributed by atoms with Crippen LogP contribution in [-0.2, 0) is 38.0 Å². The lowest BCUT2D eigenvalue weighted by molar-refractivity contribution is -0.390. The lowest BCUT2D eigenvalue weighted by Gasteiger charge is -2.48. The molecule has 4 aliphatic heterocycles. The molecule has 0 bridgehead atoms. The SMILES string of the molecule is O=C(O)[C@H]1O[C@@H](O)[C@H](O[C@@H]2OC[C@H](O)[C@H](O)[C@H]2O[C@@H]2OC[C@@H](O)[C@H](O)[C@H]2O)[C@@H](O[C@@H]2O[C@H](CO)[C@H](O)[C@H](O)[C@H]2O)[C@@H]1O. The highest BCUT2D eigenvalue weighted by Gasteiger charge is 2.55. The fraction of sp³-hybridized carbons (Fsp3) is 0.955. The molecule has 12 N–H and O–H groups in total. The normalized spacial score (nSPS) is 52.2. The molecule has 4 rings (SSSR count). The Morgan fingerprint density at radius 3 is 1.76 bits per heavy atom. The number of carboxylic acid groups (broad SMARTS) is 1. The number of hydrogen-bond acceptors (Lipinski definition) is 19. The standard InChI is InChI=1S/C22H36O20/c23-1-6-9(28)10(29)12(31)21(38-6)40-14-13(32)15(18(33)34)39-19(35)17(14)42-22-16(8(27)5(25)3-37-22)41-20-11(30)7(26)4(24)2-36-20/h4-17,19-32,35H,1-3H2,(H,33,34)/t4-,5+,6-,7+,8+,9+,10+,11-,12-,13+,14+,15+,16-,17-,19-,20+,21+,22+/m1/s1. The highest BCUT2D eigenvalue weighted by molar-refractivity contribution is 5.73. The maximum Gasteiger partial charge on any atom is 0.335 e. The summed E-state index contributed by atoms with van der Waals surface area (Å²) in [6.45, 7) is -1.92. The summed E-state index contributed by atoms with van der Waals surface area (Å²) in [6, 6.07) is 0. The average Bonchev–Trinajstić information content (AvgIpc) is 2.95. The van der Waals surface area contributed by atoms with Gasteiger partial charge in [-0.2, -0.15) is 0 Å². The molecular formula is C22H36O20. The number of carbonyl (C=O) groups is 1. The van der Waals surface area contributed by atoms with Crippen LogP contribution in [0.5, 0.6) is 0 Å². The Morgan fingerprint density at radius 2 is 1.14 bits per heavy atom. The summed E-state index contributed by atoms with van der Waals surface area (Å²) in [7, 11) is 0. The summed E-state index contributed by atoms with van der Waals surface area (Å²) in [5.41, 5.74) is 0. The van der Waals surface area contributed by atoms with Crippen molar-refractivity contribution in [2.45, 2.75) is 111 Å². The number of carboxylic acids is 1. The first-order valence-corrected chi connectivity index (χ1v) is 12.9. The first-order chi connectivity index (χ1) is 19.8. The summed E-state index contributed by atoms with van der Waals surface area (Å²) in [5.74, 6) is -1.75. The van der Waals surface area contributed by atoms with Crippen molar-refractivity contribution in [3.63, 3.8) is 0 Å². The highest BCUT2D eigenvalue weighted by atomic mass is 16.8. The molecule has 4 heterocycles. The molecule has 0 amide bonds. The Balaban J connectivity index is 1.58. The third-order valence-electron chi connectivity index (χ3n) is 7.39. The molecule has 244 valence electrons. The maximum absolute atomic E-state index is 11.7.